The molecule has 1 aliphatic rings. The third-order valence-corrected chi connectivity index (χ3v) is 4.74. The summed E-state index contributed by atoms with van der Waals surface area (Å²) in [6.45, 7) is 0.319. The first-order valence-electron chi connectivity index (χ1n) is 8.29. The molecule has 0 saturated carbocycles. The Labute approximate surface area is 165 Å². The van der Waals surface area contributed by atoms with Crippen LogP contribution in [0, 0.1) is 0 Å². The fraction of sp³-hybridized carbons (Fsp3) is 0.278. The largest absolute Gasteiger partial charge is 0.467 e. The number of nitrogens with zero attached hydrogens (tertiary/aromatic N) is 1. The fourth-order valence-corrected chi connectivity index (χ4v) is 3.18. The first kappa shape index (κ1) is 19.3. The van der Waals surface area contributed by atoms with Crippen LogP contribution in [-0.2, 0) is 22.7 Å². The molecule has 4 amide bonds. The van der Waals surface area contributed by atoms with E-state index in [4.69, 9.17) is 27.6 Å². The molecule has 1 fully saturated rings. The zero-order chi connectivity index (χ0) is 19.4. The summed E-state index contributed by atoms with van der Waals surface area (Å²) >= 11 is 11.9. The van der Waals surface area contributed by atoms with E-state index >= 15 is 0 Å². The number of amides is 4. The average molecular weight is 410 g/mol. The number of carbonyl (C=O) groups is 3. The van der Waals surface area contributed by atoms with Gasteiger partial charge in [0.15, 0.2) is 0 Å². The summed E-state index contributed by atoms with van der Waals surface area (Å²) in [6.07, 6.45) is 1.78. The number of benzene rings is 1. The van der Waals surface area contributed by atoms with Crippen molar-refractivity contribution in [2.75, 3.05) is 0 Å². The smallest absolute Gasteiger partial charge is 0.325 e. The molecule has 0 radical (unpaired) electrons. The predicted molar refractivity (Wildman–Crippen MR) is 99.1 cm³/mol. The highest BCUT2D eigenvalue weighted by Crippen LogP contribution is 2.21. The van der Waals surface area contributed by atoms with Crippen molar-refractivity contribution in [3.05, 3.63) is 58.0 Å². The summed E-state index contributed by atoms with van der Waals surface area (Å²) in [5, 5.41) is 6.31. The molecule has 1 aliphatic heterocycles. The molecule has 0 aliphatic carbocycles. The average Bonchev–Trinajstić information content (AvgIpc) is 3.23. The number of carbonyl (C=O) groups excluding carboxylic acids is 3. The summed E-state index contributed by atoms with van der Waals surface area (Å²) < 4.78 is 5.16. The predicted octanol–water partition coefficient (Wildman–Crippen LogP) is 3.10. The lowest BCUT2D eigenvalue weighted by molar-refractivity contribution is -0.128. The minimum Gasteiger partial charge on any atom is -0.467 e. The molecule has 1 unspecified atom stereocenters. The summed E-state index contributed by atoms with van der Waals surface area (Å²) in [5.41, 5.74) is 0.740. The Morgan fingerprint density at radius 3 is 2.78 bits per heavy atom. The van der Waals surface area contributed by atoms with Gasteiger partial charge in [-0.1, -0.05) is 29.3 Å². The zero-order valence-corrected chi connectivity index (χ0v) is 15.7. The fourth-order valence-electron chi connectivity index (χ4n) is 2.70. The van der Waals surface area contributed by atoms with Crippen LogP contribution in [0.5, 0.6) is 0 Å². The van der Waals surface area contributed by atoms with Crippen molar-refractivity contribution < 1.29 is 18.8 Å². The lowest BCUT2D eigenvalue weighted by Gasteiger charge is -2.11. The molecule has 0 spiro atoms. The standard InChI is InChI=1S/C18H17Cl2N3O4/c19-12-4-3-11(14(20)8-12)9-21-16(24)6-5-15-17(25)23(18(26)22-15)10-13-2-1-7-27-13/h1-4,7-8,15H,5-6,9-10H2,(H,21,24)(H,22,26). The molecule has 1 aromatic heterocycles. The Kier molecular flexibility index (Phi) is 6.03. The number of furan rings is 1. The Hall–Kier alpha value is -2.51. The van der Waals surface area contributed by atoms with Gasteiger partial charge in [0, 0.05) is 23.0 Å². The van der Waals surface area contributed by atoms with Gasteiger partial charge in [-0.15, -0.1) is 0 Å². The first-order valence-corrected chi connectivity index (χ1v) is 9.04. The molecule has 1 aromatic carbocycles. The second kappa shape index (κ2) is 8.45. The van der Waals surface area contributed by atoms with E-state index in [0.717, 1.165) is 10.5 Å². The lowest BCUT2D eigenvalue weighted by atomic mass is 10.1. The van der Waals surface area contributed by atoms with E-state index in [0.29, 0.717) is 15.8 Å². The van der Waals surface area contributed by atoms with Gasteiger partial charge >= 0.3 is 6.03 Å². The molecule has 3 rings (SSSR count). The number of hydrogen-bond acceptors (Lipinski definition) is 4. The molecule has 2 heterocycles. The van der Waals surface area contributed by atoms with E-state index in [1.807, 2.05) is 0 Å². The summed E-state index contributed by atoms with van der Waals surface area (Å²) in [6, 6.07) is 7.18. The van der Waals surface area contributed by atoms with Gasteiger partial charge in [-0.2, -0.15) is 0 Å². The number of urea groups is 1. The van der Waals surface area contributed by atoms with Crippen LogP contribution in [-0.4, -0.2) is 28.8 Å². The summed E-state index contributed by atoms with van der Waals surface area (Å²) in [4.78, 5) is 37.4. The van der Waals surface area contributed by atoms with Crippen molar-refractivity contribution in [2.45, 2.75) is 32.0 Å². The normalized spacial score (nSPS) is 16.5. The maximum atomic E-state index is 12.3. The number of rotatable bonds is 7. The van der Waals surface area contributed by atoms with Gasteiger partial charge in [-0.25, -0.2) is 4.79 Å². The topological polar surface area (TPSA) is 91.7 Å². The van der Waals surface area contributed by atoms with Crippen molar-refractivity contribution in [1.29, 1.82) is 0 Å². The van der Waals surface area contributed by atoms with E-state index in [9.17, 15) is 14.4 Å². The highest BCUT2D eigenvalue weighted by Gasteiger charge is 2.38. The van der Waals surface area contributed by atoms with Crippen LogP contribution in [0.3, 0.4) is 0 Å². The van der Waals surface area contributed by atoms with Crippen LogP contribution < -0.4 is 10.6 Å². The van der Waals surface area contributed by atoms with Gasteiger partial charge in [0.25, 0.3) is 5.91 Å². The Bertz CT molecular complexity index is 854. The molecule has 2 aromatic rings. The van der Waals surface area contributed by atoms with E-state index in [-0.39, 0.29) is 37.7 Å². The second-order valence-electron chi connectivity index (χ2n) is 6.06. The molecule has 27 heavy (non-hydrogen) atoms. The maximum Gasteiger partial charge on any atom is 0.325 e. The Morgan fingerprint density at radius 1 is 1.26 bits per heavy atom. The SMILES string of the molecule is O=C(CCC1NC(=O)N(Cc2ccco2)C1=O)NCc1ccc(Cl)cc1Cl. The molecular weight excluding hydrogens is 393 g/mol. The van der Waals surface area contributed by atoms with Gasteiger partial charge in [0.2, 0.25) is 5.91 Å². The Balaban J connectivity index is 1.47. The van der Waals surface area contributed by atoms with E-state index in [1.165, 1.54) is 6.26 Å². The molecule has 2 N–H and O–H groups in total. The summed E-state index contributed by atoms with van der Waals surface area (Å²) in [5.74, 6) is -0.103. The molecule has 142 valence electrons. The highest BCUT2D eigenvalue weighted by atomic mass is 35.5. The highest BCUT2D eigenvalue weighted by molar-refractivity contribution is 6.35. The van der Waals surface area contributed by atoms with Crippen molar-refractivity contribution in [3.8, 4) is 0 Å². The van der Waals surface area contributed by atoms with Gasteiger partial charge in [-0.05, 0) is 36.2 Å². The number of nitrogens with one attached hydrogen (secondary N) is 2. The molecule has 9 heteroatoms. The molecular formula is C18H17Cl2N3O4. The van der Waals surface area contributed by atoms with Gasteiger partial charge < -0.3 is 15.1 Å². The minimum absolute atomic E-state index is 0.0649. The van der Waals surface area contributed by atoms with Crippen molar-refractivity contribution in [1.82, 2.24) is 15.5 Å². The van der Waals surface area contributed by atoms with Crippen molar-refractivity contribution in [2.24, 2.45) is 0 Å². The van der Waals surface area contributed by atoms with Gasteiger partial charge in [0.05, 0.1) is 12.8 Å². The Morgan fingerprint density at radius 2 is 2.07 bits per heavy atom. The lowest BCUT2D eigenvalue weighted by Crippen LogP contribution is -2.32. The second-order valence-corrected chi connectivity index (χ2v) is 6.90. The van der Waals surface area contributed by atoms with E-state index < -0.39 is 12.1 Å². The minimum atomic E-state index is -0.725. The van der Waals surface area contributed by atoms with Crippen LogP contribution in [0.15, 0.2) is 41.0 Å². The van der Waals surface area contributed by atoms with Crippen LogP contribution in [0.25, 0.3) is 0 Å². The molecule has 1 atom stereocenters. The molecule has 1 saturated heterocycles. The van der Waals surface area contributed by atoms with Crippen LogP contribution in [0.4, 0.5) is 4.79 Å². The first-order chi connectivity index (χ1) is 12.9. The number of halogens is 2. The molecule has 0 bridgehead atoms. The third kappa shape index (κ3) is 4.81. The third-order valence-electron chi connectivity index (χ3n) is 4.15. The quantitative estimate of drug-likeness (QED) is 0.687. The van der Waals surface area contributed by atoms with Gasteiger partial charge in [0.1, 0.15) is 11.8 Å². The van der Waals surface area contributed by atoms with E-state index in [2.05, 4.69) is 10.6 Å². The van der Waals surface area contributed by atoms with Crippen molar-refractivity contribution >= 4 is 41.0 Å². The van der Waals surface area contributed by atoms with Crippen LogP contribution in [0.1, 0.15) is 24.2 Å². The van der Waals surface area contributed by atoms with E-state index in [1.54, 1.807) is 30.3 Å². The van der Waals surface area contributed by atoms with Crippen LogP contribution >= 0.6 is 23.2 Å². The summed E-state index contributed by atoms with van der Waals surface area (Å²) in [7, 11) is 0. The zero-order valence-electron chi connectivity index (χ0n) is 14.2. The monoisotopic (exact) mass is 409 g/mol. The number of imide groups is 1. The molecule has 7 nitrogen and oxygen atoms in total. The maximum absolute atomic E-state index is 12.3. The van der Waals surface area contributed by atoms with Gasteiger partial charge in [-0.3, -0.25) is 14.5 Å². The van der Waals surface area contributed by atoms with Crippen LogP contribution in [0.2, 0.25) is 10.0 Å². The van der Waals surface area contributed by atoms with Crippen molar-refractivity contribution in [3.63, 3.8) is 0 Å². The number of hydrogen-bond donors (Lipinski definition) is 2.